The molecule has 20 heavy (non-hydrogen) atoms. The van der Waals surface area contributed by atoms with Crippen molar-refractivity contribution < 1.29 is 9.53 Å². The van der Waals surface area contributed by atoms with Crippen LogP contribution in [0.5, 0.6) is 0 Å². The average Bonchev–Trinajstić information content (AvgIpc) is 2.85. The molecule has 0 bridgehead atoms. The van der Waals surface area contributed by atoms with Gasteiger partial charge in [0.2, 0.25) is 0 Å². The molecule has 5 heteroatoms. The van der Waals surface area contributed by atoms with E-state index < -0.39 is 0 Å². The predicted octanol–water partition coefficient (Wildman–Crippen LogP) is 2.26. The van der Waals surface area contributed by atoms with Crippen LogP contribution >= 0.6 is 0 Å². The molecule has 2 fully saturated rings. The number of rotatable bonds is 3. The molecule has 2 aliphatic rings. The molecule has 0 spiro atoms. The van der Waals surface area contributed by atoms with Gasteiger partial charge in [-0.2, -0.15) is 0 Å². The molecule has 4 rings (SSSR count). The van der Waals surface area contributed by atoms with E-state index in [4.69, 9.17) is 4.74 Å². The number of aromatic nitrogens is 1. The van der Waals surface area contributed by atoms with Gasteiger partial charge >= 0.3 is 125 Å². The fraction of sp³-hybridized carbons (Fsp3) is 0.400. The van der Waals surface area contributed by atoms with Crippen molar-refractivity contribution in [3.8, 4) is 0 Å². The van der Waals surface area contributed by atoms with Gasteiger partial charge in [-0.25, -0.2) is 0 Å². The summed E-state index contributed by atoms with van der Waals surface area (Å²) >= 11 is 2.76. The van der Waals surface area contributed by atoms with Crippen molar-refractivity contribution in [2.24, 2.45) is 0 Å². The molecule has 1 amide bonds. The Morgan fingerprint density at radius 3 is 2.95 bits per heavy atom. The Kier molecular flexibility index (Phi) is 2.81. The van der Waals surface area contributed by atoms with Crippen LogP contribution in [0.3, 0.4) is 0 Å². The zero-order valence-corrected chi connectivity index (χ0v) is 12.8. The first-order valence-electron chi connectivity index (χ1n) is 6.92. The van der Waals surface area contributed by atoms with Crippen molar-refractivity contribution in [3.63, 3.8) is 0 Å². The Labute approximate surface area is 125 Å². The summed E-state index contributed by atoms with van der Waals surface area (Å²) in [7, 11) is 0. The summed E-state index contributed by atoms with van der Waals surface area (Å²) in [6, 6.07) is 6.61. The predicted molar refractivity (Wildman–Crippen MR) is 77.1 cm³/mol. The number of hydrogen-bond donors (Lipinski definition) is 2. The molecule has 2 aromatic rings. The van der Waals surface area contributed by atoms with Crippen LogP contribution in [-0.2, 0) is 11.2 Å². The third kappa shape index (κ3) is 2.12. The number of nitrogens with one attached hydrogen (secondary N) is 2. The quantitative estimate of drug-likeness (QED) is 0.849. The zero-order valence-electron chi connectivity index (χ0n) is 10.9. The second kappa shape index (κ2) is 4.56. The van der Waals surface area contributed by atoms with Crippen LogP contribution < -0.4 is 5.32 Å². The number of benzene rings is 1. The van der Waals surface area contributed by atoms with Crippen molar-refractivity contribution in [1.82, 2.24) is 10.3 Å². The zero-order chi connectivity index (χ0) is 13.7. The van der Waals surface area contributed by atoms with Gasteiger partial charge in [-0.05, 0) is 0 Å². The molecular weight excluding hydrogens is 315 g/mol. The number of cyclic esters (lactones) is 1. The van der Waals surface area contributed by atoms with Crippen molar-refractivity contribution in [2.75, 3.05) is 6.61 Å². The Hall–Kier alpha value is -1.41. The number of hydrogen-bond acceptors (Lipinski definition) is 2. The second-order valence-electron chi connectivity index (χ2n) is 5.68. The van der Waals surface area contributed by atoms with Gasteiger partial charge in [-0.15, -0.1) is 0 Å². The third-order valence-corrected chi connectivity index (χ3v) is 5.35. The molecule has 3 atom stereocenters. The minimum atomic E-state index is -0.303. The minimum absolute atomic E-state index is 0.0962. The Morgan fingerprint density at radius 1 is 1.40 bits per heavy atom. The Bertz CT molecular complexity index is 682. The summed E-state index contributed by atoms with van der Waals surface area (Å²) < 4.78 is 5.68. The Morgan fingerprint density at radius 2 is 2.25 bits per heavy atom. The van der Waals surface area contributed by atoms with Crippen LogP contribution in [0.1, 0.15) is 23.5 Å². The summed E-state index contributed by atoms with van der Waals surface area (Å²) in [4.78, 5) is 14.4. The molecule has 1 aromatic carbocycles. The van der Waals surface area contributed by atoms with E-state index in [9.17, 15) is 4.79 Å². The standard InChI is InChI=1S/C15H15AsN2O2/c16-13-5-10(13)12-6-17-14-2-1-8(4-11(12)14)3-9-7-20-15(19)18-9/h1-2,4,6,9-10,13,17H,3,5,7H2,(H,18,19)/t9?,10?,13-/m0/s1. The normalized spacial score (nSPS) is 28.4. The van der Waals surface area contributed by atoms with Crippen LogP contribution in [-0.4, -0.2) is 40.6 Å². The molecular formula is C15H15AsN2O2. The number of aromatic amines is 1. The second-order valence-corrected chi connectivity index (χ2v) is 7.07. The number of alkyl carbamates (subject to hydrolysis) is 1. The molecule has 4 nitrogen and oxygen atoms in total. The monoisotopic (exact) mass is 330 g/mol. The van der Waals surface area contributed by atoms with E-state index in [2.05, 4.69) is 51.5 Å². The first-order valence-corrected chi connectivity index (χ1v) is 8.00. The molecule has 1 aromatic heterocycles. The summed E-state index contributed by atoms with van der Waals surface area (Å²) in [5.41, 5.74) is 3.87. The molecule has 2 radical (unpaired) electrons. The number of amides is 1. The van der Waals surface area contributed by atoms with Gasteiger partial charge in [0.15, 0.2) is 0 Å². The topological polar surface area (TPSA) is 54.1 Å². The number of fused-ring (bicyclic) bond motifs is 1. The van der Waals surface area contributed by atoms with Crippen LogP contribution in [0.4, 0.5) is 4.79 Å². The van der Waals surface area contributed by atoms with E-state index in [1.807, 2.05) is 0 Å². The van der Waals surface area contributed by atoms with E-state index in [1.54, 1.807) is 0 Å². The van der Waals surface area contributed by atoms with E-state index >= 15 is 0 Å². The average molecular weight is 330 g/mol. The van der Waals surface area contributed by atoms with Crippen molar-refractivity contribution in [2.45, 2.75) is 29.5 Å². The maximum atomic E-state index is 11.1. The first kappa shape index (κ1) is 12.3. The molecule has 1 saturated heterocycles. The van der Waals surface area contributed by atoms with E-state index in [0.717, 1.165) is 11.1 Å². The number of carbonyl (C=O) groups is 1. The third-order valence-electron chi connectivity index (χ3n) is 4.15. The van der Waals surface area contributed by atoms with Crippen LogP contribution in [0, 0.1) is 0 Å². The molecule has 2 unspecified atom stereocenters. The summed E-state index contributed by atoms with van der Waals surface area (Å²) in [5.74, 6) is 0.688. The van der Waals surface area contributed by atoms with E-state index in [1.165, 1.54) is 28.5 Å². The molecule has 102 valence electrons. The van der Waals surface area contributed by atoms with Gasteiger partial charge in [0.25, 0.3) is 0 Å². The van der Waals surface area contributed by atoms with Crippen LogP contribution in [0.25, 0.3) is 10.9 Å². The van der Waals surface area contributed by atoms with E-state index in [-0.39, 0.29) is 12.1 Å². The van der Waals surface area contributed by atoms with E-state index in [0.29, 0.717) is 12.5 Å². The molecule has 2 N–H and O–H groups in total. The van der Waals surface area contributed by atoms with Gasteiger partial charge in [0.05, 0.1) is 0 Å². The number of ether oxygens (including phenoxy) is 1. The summed E-state index contributed by atoms with van der Waals surface area (Å²) in [6.07, 6.45) is 3.93. The van der Waals surface area contributed by atoms with Crippen molar-refractivity contribution in [3.05, 3.63) is 35.5 Å². The fourth-order valence-electron chi connectivity index (χ4n) is 2.96. The first-order chi connectivity index (χ1) is 9.70. The fourth-order valence-corrected chi connectivity index (χ4v) is 3.77. The van der Waals surface area contributed by atoms with Crippen molar-refractivity contribution >= 4 is 33.8 Å². The van der Waals surface area contributed by atoms with Crippen LogP contribution in [0.15, 0.2) is 24.4 Å². The van der Waals surface area contributed by atoms with Gasteiger partial charge in [-0.3, -0.25) is 0 Å². The van der Waals surface area contributed by atoms with Crippen LogP contribution in [0.2, 0.25) is 4.71 Å². The molecule has 2 heterocycles. The molecule has 1 saturated carbocycles. The maximum absolute atomic E-state index is 11.1. The molecule has 1 aliphatic carbocycles. The summed E-state index contributed by atoms with van der Waals surface area (Å²) in [5, 5.41) is 4.15. The van der Waals surface area contributed by atoms with Gasteiger partial charge in [-0.1, -0.05) is 0 Å². The number of H-pyrrole nitrogens is 1. The van der Waals surface area contributed by atoms with Gasteiger partial charge in [0, 0.05) is 0 Å². The SMILES string of the molecule is O=C1NC(Cc2ccc3[nH]cc(C4C[C@@H]4[As])c3c2)CO1. The van der Waals surface area contributed by atoms with Crippen molar-refractivity contribution in [1.29, 1.82) is 0 Å². The number of carbonyl (C=O) groups excluding carboxylic acids is 1. The molecule has 1 aliphatic heterocycles. The summed E-state index contributed by atoms with van der Waals surface area (Å²) in [6.45, 7) is 0.466. The Balaban J connectivity index is 1.62. The van der Waals surface area contributed by atoms with Gasteiger partial charge < -0.3 is 0 Å². The van der Waals surface area contributed by atoms with Gasteiger partial charge in [0.1, 0.15) is 0 Å².